The predicted molar refractivity (Wildman–Crippen MR) is 106 cm³/mol. The van der Waals surface area contributed by atoms with E-state index in [4.69, 9.17) is 20.8 Å². The van der Waals surface area contributed by atoms with E-state index >= 15 is 0 Å². The molecule has 1 aliphatic heterocycles. The van der Waals surface area contributed by atoms with Crippen molar-refractivity contribution in [2.24, 2.45) is 0 Å². The van der Waals surface area contributed by atoms with Crippen LogP contribution < -0.4 is 4.74 Å². The van der Waals surface area contributed by atoms with E-state index in [2.05, 4.69) is 4.98 Å². The molecule has 0 unspecified atom stereocenters. The average Bonchev–Trinajstić information content (AvgIpc) is 3.36. The molecule has 0 aliphatic carbocycles. The Bertz CT molecular complexity index is 1060. The Hall–Kier alpha value is -2.93. The average molecular weight is 433 g/mol. The van der Waals surface area contributed by atoms with Gasteiger partial charge >= 0.3 is 0 Å². The summed E-state index contributed by atoms with van der Waals surface area (Å²) in [6.07, 6.45) is 3.71. The first-order chi connectivity index (χ1) is 14.5. The quantitative estimate of drug-likeness (QED) is 0.553. The minimum absolute atomic E-state index is 0.166. The second kappa shape index (κ2) is 8.83. The topological polar surface area (TPSA) is 55.6 Å². The summed E-state index contributed by atoms with van der Waals surface area (Å²) in [5.41, 5.74) is 0.999. The number of rotatable bonds is 6. The van der Waals surface area contributed by atoms with E-state index in [9.17, 15) is 13.6 Å². The number of benzene rings is 2. The maximum atomic E-state index is 13.7. The van der Waals surface area contributed by atoms with Crippen LogP contribution in [0.15, 0.2) is 53.1 Å². The second-order valence-electron chi connectivity index (χ2n) is 7.08. The lowest BCUT2D eigenvalue weighted by atomic mass is 10.1. The lowest BCUT2D eigenvalue weighted by Crippen LogP contribution is -2.34. The fourth-order valence-corrected chi connectivity index (χ4v) is 3.76. The van der Waals surface area contributed by atoms with Crippen molar-refractivity contribution in [1.82, 2.24) is 9.88 Å². The van der Waals surface area contributed by atoms with E-state index in [1.165, 1.54) is 0 Å². The third kappa shape index (κ3) is 4.62. The van der Waals surface area contributed by atoms with Gasteiger partial charge in [-0.25, -0.2) is 13.8 Å². The summed E-state index contributed by atoms with van der Waals surface area (Å²) < 4.78 is 37.8. The van der Waals surface area contributed by atoms with Crippen molar-refractivity contribution in [3.63, 3.8) is 0 Å². The molecular weight excluding hydrogens is 414 g/mol. The van der Waals surface area contributed by atoms with E-state index in [1.807, 2.05) is 18.2 Å². The highest BCUT2D eigenvalue weighted by Gasteiger charge is 2.33. The molecule has 4 rings (SSSR count). The molecule has 1 aliphatic rings. The molecule has 0 saturated carbocycles. The highest BCUT2D eigenvalue weighted by molar-refractivity contribution is 6.30. The van der Waals surface area contributed by atoms with Crippen LogP contribution in [0.2, 0.25) is 5.02 Å². The second-order valence-corrected chi connectivity index (χ2v) is 7.52. The lowest BCUT2D eigenvalue weighted by molar-refractivity contribution is -0.134. The Balaban J connectivity index is 1.40. The van der Waals surface area contributed by atoms with Crippen molar-refractivity contribution in [2.45, 2.75) is 25.3 Å². The van der Waals surface area contributed by atoms with Crippen molar-refractivity contribution >= 4 is 17.5 Å². The number of hydrogen-bond donors (Lipinski definition) is 0. The molecule has 1 atom stereocenters. The van der Waals surface area contributed by atoms with Gasteiger partial charge in [0.25, 0.3) is 5.91 Å². The van der Waals surface area contributed by atoms with Crippen LogP contribution in [0.4, 0.5) is 8.78 Å². The zero-order chi connectivity index (χ0) is 21.1. The van der Waals surface area contributed by atoms with Crippen LogP contribution in [-0.2, 0) is 11.2 Å². The molecule has 8 heteroatoms. The number of aromatic nitrogens is 1. The van der Waals surface area contributed by atoms with Crippen LogP contribution >= 0.6 is 11.6 Å². The van der Waals surface area contributed by atoms with E-state index < -0.39 is 11.6 Å². The molecule has 1 amide bonds. The Labute approximate surface area is 177 Å². The van der Waals surface area contributed by atoms with Crippen LogP contribution in [-0.4, -0.2) is 28.9 Å². The maximum absolute atomic E-state index is 13.7. The number of carbonyl (C=O) groups is 1. The van der Waals surface area contributed by atoms with Gasteiger partial charge in [-0.1, -0.05) is 23.7 Å². The van der Waals surface area contributed by atoms with Crippen molar-refractivity contribution < 1.29 is 22.7 Å². The summed E-state index contributed by atoms with van der Waals surface area (Å²) in [5, 5.41) is 0.650. The van der Waals surface area contributed by atoms with Gasteiger partial charge < -0.3 is 14.1 Å². The Morgan fingerprint density at radius 3 is 2.93 bits per heavy atom. The van der Waals surface area contributed by atoms with Crippen molar-refractivity contribution in [3.05, 3.63) is 82.5 Å². The number of nitrogens with zero attached hydrogens (tertiary/aromatic N) is 2. The summed E-state index contributed by atoms with van der Waals surface area (Å²) >= 11 is 6.02. The standard InChI is InChI=1S/C22H19ClF2N2O3/c23-15-4-1-3-14(9-15)10-17-12-26-22(30-17)19-5-2-8-27(19)21(28)13-29-20-7-6-16(24)11-18(20)25/h1,3-4,6-7,9,11-12,19H,2,5,8,10,13H2/t19-/m1/s1. The molecule has 156 valence electrons. The van der Waals surface area contributed by atoms with Gasteiger partial charge in [-0.05, 0) is 42.7 Å². The summed E-state index contributed by atoms with van der Waals surface area (Å²) in [4.78, 5) is 18.6. The molecule has 0 N–H and O–H groups in total. The molecular formula is C22H19ClF2N2O3. The summed E-state index contributed by atoms with van der Waals surface area (Å²) in [7, 11) is 0. The van der Waals surface area contributed by atoms with Crippen molar-refractivity contribution in [1.29, 1.82) is 0 Å². The number of ether oxygens (including phenoxy) is 1. The molecule has 2 aromatic carbocycles. The van der Waals surface area contributed by atoms with Gasteiger partial charge in [0.1, 0.15) is 17.6 Å². The lowest BCUT2D eigenvalue weighted by Gasteiger charge is -2.22. The van der Waals surface area contributed by atoms with Gasteiger partial charge in [-0.15, -0.1) is 0 Å². The first-order valence-electron chi connectivity index (χ1n) is 9.56. The first-order valence-corrected chi connectivity index (χ1v) is 9.94. The Morgan fingerprint density at radius 1 is 1.27 bits per heavy atom. The van der Waals surface area contributed by atoms with Gasteiger partial charge in [0.15, 0.2) is 18.2 Å². The minimum atomic E-state index is -0.848. The van der Waals surface area contributed by atoms with Gasteiger partial charge in [0.2, 0.25) is 5.89 Å². The monoisotopic (exact) mass is 432 g/mol. The van der Waals surface area contributed by atoms with E-state index in [0.29, 0.717) is 42.1 Å². The zero-order valence-corrected chi connectivity index (χ0v) is 16.7. The van der Waals surface area contributed by atoms with E-state index in [-0.39, 0.29) is 24.3 Å². The minimum Gasteiger partial charge on any atom is -0.481 e. The summed E-state index contributed by atoms with van der Waals surface area (Å²) in [5.74, 6) is -0.888. The van der Waals surface area contributed by atoms with Crippen LogP contribution in [0.5, 0.6) is 5.75 Å². The predicted octanol–water partition coefficient (Wildman–Crippen LogP) is 4.94. The maximum Gasteiger partial charge on any atom is 0.261 e. The number of oxazole rings is 1. The fourth-order valence-electron chi connectivity index (χ4n) is 3.54. The number of halogens is 3. The van der Waals surface area contributed by atoms with Crippen molar-refractivity contribution in [2.75, 3.05) is 13.2 Å². The third-order valence-corrected chi connectivity index (χ3v) is 5.18. The molecule has 0 radical (unpaired) electrons. The smallest absolute Gasteiger partial charge is 0.261 e. The number of likely N-dealkylation sites (tertiary alicyclic amines) is 1. The molecule has 1 fully saturated rings. The Morgan fingerprint density at radius 2 is 2.13 bits per heavy atom. The zero-order valence-electron chi connectivity index (χ0n) is 16.0. The molecule has 30 heavy (non-hydrogen) atoms. The van der Waals surface area contributed by atoms with Gasteiger partial charge in [-0.3, -0.25) is 4.79 Å². The molecule has 3 aromatic rings. The van der Waals surface area contributed by atoms with Gasteiger partial charge in [0.05, 0.1) is 6.20 Å². The largest absolute Gasteiger partial charge is 0.481 e. The summed E-state index contributed by atoms with van der Waals surface area (Å²) in [6, 6.07) is 10.1. The molecule has 0 spiro atoms. The van der Waals surface area contributed by atoms with Crippen molar-refractivity contribution in [3.8, 4) is 5.75 Å². The highest BCUT2D eigenvalue weighted by Crippen LogP contribution is 2.32. The first kappa shape index (κ1) is 20.3. The molecule has 2 heterocycles. The van der Waals surface area contributed by atoms with E-state index in [1.54, 1.807) is 17.2 Å². The number of hydrogen-bond acceptors (Lipinski definition) is 4. The number of amides is 1. The molecule has 1 saturated heterocycles. The summed E-state index contributed by atoms with van der Waals surface area (Å²) in [6.45, 7) is 0.180. The SMILES string of the molecule is O=C(COc1ccc(F)cc1F)N1CCC[C@@H]1c1ncc(Cc2cccc(Cl)c2)o1. The third-order valence-electron chi connectivity index (χ3n) is 4.94. The van der Waals surface area contributed by atoms with E-state index in [0.717, 1.165) is 24.1 Å². The van der Waals surface area contributed by atoms with Crippen LogP contribution in [0.1, 0.15) is 36.1 Å². The molecule has 5 nitrogen and oxygen atoms in total. The van der Waals surface area contributed by atoms with Gasteiger partial charge in [0, 0.05) is 24.1 Å². The Kier molecular flexibility index (Phi) is 5.99. The van der Waals surface area contributed by atoms with Crippen LogP contribution in [0, 0.1) is 11.6 Å². The molecule has 1 aromatic heterocycles. The van der Waals surface area contributed by atoms with Gasteiger partial charge in [-0.2, -0.15) is 0 Å². The van der Waals surface area contributed by atoms with Crippen LogP contribution in [0.25, 0.3) is 0 Å². The fraction of sp³-hybridized carbons (Fsp3) is 0.273. The molecule has 0 bridgehead atoms. The van der Waals surface area contributed by atoms with Crippen LogP contribution in [0.3, 0.4) is 0 Å². The highest BCUT2D eigenvalue weighted by atomic mass is 35.5. The normalized spacial score (nSPS) is 16.1. The number of carbonyl (C=O) groups excluding carboxylic acids is 1.